The highest BCUT2D eigenvalue weighted by molar-refractivity contribution is 8.94. The van der Waals surface area contributed by atoms with Gasteiger partial charge in [-0.3, -0.25) is 48.9 Å². The summed E-state index contributed by atoms with van der Waals surface area (Å²) < 4.78 is 12.8. The maximum Gasteiger partial charge on any atom is 0.335 e. The largest absolute Gasteiger partial charge is 0.378 e. The van der Waals surface area contributed by atoms with E-state index >= 15 is 0 Å². The minimum absolute atomic E-state index is 0.0361. The zero-order chi connectivity index (χ0) is 42.4. The van der Waals surface area contributed by atoms with Crippen LogP contribution in [-0.2, 0) is 76.6 Å². The standard InChI is InChI=1S/C18H24N2O11.C8H9N3O4S4.C2H4N2OS2/c21-13-1-2-14(22)19(13)30-17(25)5-7-27-9-11-29-12-10-28-8-6-18(26)31-20-15(23)3-4-16(20)24;9-5(14)7(16-17-7)2-3(12)1-4(13)11-8(6(10)15)18-19-8;3-1(5)2(4)6-7-2/h1-12H2;1-2H2,(H2,9,14)(H2,10,15)(H,11,13);4H2,(H2,3,5). The molecule has 57 heavy (non-hydrogen) atoms. The summed E-state index contributed by atoms with van der Waals surface area (Å²) in [7, 11) is 7.28. The molecule has 0 aromatic rings. The summed E-state index contributed by atoms with van der Waals surface area (Å²) in [5.74, 6) is -6.30. The fourth-order valence-electron chi connectivity index (χ4n) is 3.82. The summed E-state index contributed by atoms with van der Waals surface area (Å²) >= 11 is 0. The van der Waals surface area contributed by atoms with Gasteiger partial charge >= 0.3 is 11.9 Å². The van der Waals surface area contributed by atoms with Crippen molar-refractivity contribution in [1.82, 2.24) is 15.4 Å². The lowest BCUT2D eigenvalue weighted by Gasteiger charge is -2.12. The third-order valence-electron chi connectivity index (χ3n) is 6.98. The highest BCUT2D eigenvalue weighted by Gasteiger charge is 2.55. The topological polar surface area (TPSA) is 357 Å². The molecule has 0 aliphatic carbocycles. The number of imide groups is 2. The fourth-order valence-corrected chi connectivity index (χ4v) is 8.25. The second-order valence-electron chi connectivity index (χ2n) is 11.5. The lowest BCUT2D eigenvalue weighted by atomic mass is 10.1. The molecule has 5 saturated heterocycles. The van der Waals surface area contributed by atoms with E-state index in [1.165, 1.54) is 43.2 Å². The van der Waals surface area contributed by atoms with Gasteiger partial charge in [-0.25, -0.2) is 9.59 Å². The number of hydroxylamine groups is 4. The minimum Gasteiger partial charge on any atom is -0.378 e. The van der Waals surface area contributed by atoms with Gasteiger partial charge in [0.15, 0.2) is 4.08 Å². The van der Waals surface area contributed by atoms with E-state index in [4.69, 9.17) is 37.1 Å². The summed E-state index contributed by atoms with van der Waals surface area (Å²) in [4.78, 5) is 133. The normalized spacial score (nSPS) is 19.0. The van der Waals surface area contributed by atoms with Gasteiger partial charge in [-0.2, -0.15) is 0 Å². The van der Waals surface area contributed by atoms with Crippen molar-refractivity contribution in [3.8, 4) is 0 Å². The molecular formula is C28H37N7O16S6. The maximum absolute atomic E-state index is 11.7. The second kappa shape index (κ2) is 22.2. The van der Waals surface area contributed by atoms with Gasteiger partial charge in [-0.05, 0) is 43.2 Å². The first-order valence-electron chi connectivity index (χ1n) is 16.3. The molecular weight excluding hydrogens is 883 g/mol. The molecule has 0 atom stereocenters. The van der Waals surface area contributed by atoms with Crippen LogP contribution >= 0.6 is 64.8 Å². The lowest BCUT2D eigenvalue weighted by molar-refractivity contribution is -0.198. The fraction of sp³-hybridized carbons (Fsp3) is 0.607. The minimum atomic E-state index is -1.14. The maximum atomic E-state index is 11.7. The summed E-state index contributed by atoms with van der Waals surface area (Å²) in [5, 5.41) is 3.36. The van der Waals surface area contributed by atoms with E-state index in [9.17, 15) is 52.7 Å². The zero-order valence-electron chi connectivity index (χ0n) is 29.6. The number of carbonyl (C=O) groups excluding carboxylic acids is 11. The number of primary amides is 3. The van der Waals surface area contributed by atoms with E-state index in [0.29, 0.717) is 10.1 Å². The molecule has 0 radical (unpaired) electrons. The highest BCUT2D eigenvalue weighted by atomic mass is 33.2. The Labute approximate surface area is 346 Å². The molecule has 0 aromatic heterocycles. The highest BCUT2D eigenvalue weighted by Crippen LogP contribution is 2.66. The molecule has 5 fully saturated rings. The van der Waals surface area contributed by atoms with Crippen LogP contribution in [0, 0.1) is 0 Å². The Morgan fingerprint density at radius 2 is 0.982 bits per heavy atom. The molecule has 9 N–H and O–H groups in total. The molecule has 5 heterocycles. The number of rotatable bonds is 22. The predicted molar refractivity (Wildman–Crippen MR) is 204 cm³/mol. The number of ether oxygens (including phenoxy) is 3. The summed E-state index contributed by atoms with van der Waals surface area (Å²) in [5.41, 5.74) is 20.3. The van der Waals surface area contributed by atoms with Gasteiger partial charge in [0, 0.05) is 32.1 Å². The van der Waals surface area contributed by atoms with Crippen LogP contribution in [0.3, 0.4) is 0 Å². The molecule has 0 bridgehead atoms. The quantitative estimate of drug-likeness (QED) is 0.0260. The van der Waals surface area contributed by atoms with Gasteiger partial charge in [0.2, 0.25) is 20.2 Å². The number of hydrogen-bond donors (Lipinski definition) is 5. The van der Waals surface area contributed by atoms with Gasteiger partial charge in [-0.1, -0.05) is 21.6 Å². The third-order valence-corrected chi connectivity index (χ3v) is 15.1. The van der Waals surface area contributed by atoms with E-state index in [2.05, 4.69) is 15.0 Å². The lowest BCUT2D eigenvalue weighted by Crippen LogP contribution is -2.45. The predicted octanol–water partition coefficient (Wildman–Crippen LogP) is -1.93. The smallest absolute Gasteiger partial charge is 0.335 e. The van der Waals surface area contributed by atoms with Gasteiger partial charge in [0.25, 0.3) is 35.4 Å². The summed E-state index contributed by atoms with van der Waals surface area (Å²) in [6.07, 6.45) is -0.581. The van der Waals surface area contributed by atoms with Crippen LogP contribution in [0.1, 0.15) is 51.4 Å². The molecule has 5 rings (SSSR count). The van der Waals surface area contributed by atoms with Crippen molar-refractivity contribution in [2.24, 2.45) is 22.9 Å². The van der Waals surface area contributed by atoms with Crippen molar-refractivity contribution < 1.29 is 76.6 Å². The molecule has 0 saturated carbocycles. The molecule has 0 aromatic carbocycles. The van der Waals surface area contributed by atoms with E-state index in [1.807, 2.05) is 0 Å². The van der Waals surface area contributed by atoms with E-state index in [1.54, 1.807) is 0 Å². The van der Waals surface area contributed by atoms with Crippen molar-refractivity contribution in [2.75, 3.05) is 39.6 Å². The van der Waals surface area contributed by atoms with Crippen molar-refractivity contribution in [1.29, 1.82) is 0 Å². The number of nitrogens with one attached hydrogen (secondary N) is 1. The second-order valence-corrected chi connectivity index (χ2v) is 20.2. The molecule has 8 amide bonds. The Morgan fingerprint density at radius 1 is 0.579 bits per heavy atom. The average molecular weight is 920 g/mol. The van der Waals surface area contributed by atoms with Crippen LogP contribution in [0.25, 0.3) is 0 Å². The third kappa shape index (κ3) is 16.1. The van der Waals surface area contributed by atoms with Crippen LogP contribution in [0.5, 0.6) is 0 Å². The first kappa shape index (κ1) is 48.1. The van der Waals surface area contributed by atoms with Gasteiger partial charge in [-0.15, -0.1) is 10.1 Å². The van der Waals surface area contributed by atoms with Crippen LogP contribution in [0.4, 0.5) is 0 Å². The molecule has 316 valence electrons. The van der Waals surface area contributed by atoms with Gasteiger partial charge in [0.05, 0.1) is 58.9 Å². The Balaban J connectivity index is 0.000000280. The molecule has 0 unspecified atom stereocenters. The number of carbonyl (C=O) groups is 11. The molecule has 0 spiro atoms. The van der Waals surface area contributed by atoms with Crippen molar-refractivity contribution in [3.63, 3.8) is 0 Å². The number of hydrogen-bond acceptors (Lipinski definition) is 23. The summed E-state index contributed by atoms with van der Waals surface area (Å²) in [6, 6.07) is 0. The molecule has 23 nitrogen and oxygen atoms in total. The average Bonchev–Trinajstić information content (AvgIpc) is 4.09. The zero-order valence-corrected chi connectivity index (χ0v) is 34.5. The number of ketones is 1. The number of nitrogens with zero attached hydrogens (tertiary/aromatic N) is 2. The number of Topliss-reactive ketones (excluding diaryl/α,β-unsaturated/α-hetero) is 1. The van der Waals surface area contributed by atoms with Crippen LogP contribution in [-0.4, -0.2) is 127 Å². The van der Waals surface area contributed by atoms with Gasteiger partial charge in [0.1, 0.15) is 5.78 Å². The molecule has 5 aliphatic rings. The van der Waals surface area contributed by atoms with E-state index < -0.39 is 83.9 Å². The summed E-state index contributed by atoms with van der Waals surface area (Å²) in [6.45, 7) is 0.974. The molecule has 5 aliphatic heterocycles. The first-order valence-corrected chi connectivity index (χ1v) is 22.8. The Morgan fingerprint density at radius 3 is 1.28 bits per heavy atom. The monoisotopic (exact) mass is 919 g/mol. The SMILES string of the molecule is NC(=O)C1(CC(=O)CC(=O)NC2(C(N)=O)SS2)SS1.NC(=O)C1(N)SS1.O=C(CCOCCOCCOCCC(=O)ON1C(=O)CCC1=O)ON1C(=O)CCC1=O. The van der Waals surface area contributed by atoms with Crippen LogP contribution in [0.15, 0.2) is 0 Å². The van der Waals surface area contributed by atoms with Gasteiger partial charge < -0.3 is 46.4 Å². The Kier molecular flexibility index (Phi) is 18.7. The van der Waals surface area contributed by atoms with Crippen LogP contribution < -0.4 is 28.3 Å². The van der Waals surface area contributed by atoms with E-state index in [-0.39, 0.29) is 84.6 Å². The Hall–Kier alpha value is -3.29. The van der Waals surface area contributed by atoms with E-state index in [0.717, 1.165) is 21.6 Å². The Bertz CT molecular complexity index is 1500. The van der Waals surface area contributed by atoms with Crippen molar-refractivity contribution in [3.05, 3.63) is 0 Å². The van der Waals surface area contributed by atoms with Crippen molar-refractivity contribution >= 4 is 130 Å². The van der Waals surface area contributed by atoms with Crippen molar-refractivity contribution in [2.45, 2.75) is 63.9 Å². The molecule has 29 heteroatoms. The van der Waals surface area contributed by atoms with Crippen LogP contribution in [0.2, 0.25) is 0 Å². The first-order chi connectivity index (χ1) is 26.8. The number of nitrogens with two attached hydrogens (primary N) is 4. The number of amides is 8.